The third-order valence-electron chi connectivity index (χ3n) is 5.20. The van der Waals surface area contributed by atoms with E-state index in [0.717, 1.165) is 25.1 Å². The van der Waals surface area contributed by atoms with Crippen molar-refractivity contribution in [2.24, 2.45) is 11.8 Å². The van der Waals surface area contributed by atoms with Crippen molar-refractivity contribution in [3.8, 4) is 0 Å². The summed E-state index contributed by atoms with van der Waals surface area (Å²) in [5, 5.41) is 0. The molecule has 2 saturated heterocycles. The Morgan fingerprint density at radius 2 is 1.73 bits per heavy atom. The van der Waals surface area contributed by atoms with E-state index in [2.05, 4.69) is 13.8 Å². The summed E-state index contributed by atoms with van der Waals surface area (Å²) in [6.45, 7) is 9.12. The normalized spacial score (nSPS) is 25.3. The van der Waals surface area contributed by atoms with Gasteiger partial charge in [0.15, 0.2) is 0 Å². The van der Waals surface area contributed by atoms with Crippen LogP contribution in [0.2, 0.25) is 0 Å². The fourth-order valence-corrected chi connectivity index (χ4v) is 5.36. The molecular weight excluding hydrogens is 352 g/mol. The Morgan fingerprint density at radius 1 is 1.12 bits per heavy atom. The van der Waals surface area contributed by atoms with Crippen LogP contribution < -0.4 is 0 Å². The zero-order valence-corrected chi connectivity index (χ0v) is 16.6. The molecule has 0 aromatic heterocycles. The van der Waals surface area contributed by atoms with E-state index in [0.29, 0.717) is 43.7 Å². The van der Waals surface area contributed by atoms with Gasteiger partial charge in [0.2, 0.25) is 10.0 Å². The van der Waals surface area contributed by atoms with Crippen LogP contribution in [0.4, 0.5) is 0 Å². The second-order valence-electron chi connectivity index (χ2n) is 7.65. The van der Waals surface area contributed by atoms with E-state index in [1.54, 1.807) is 18.2 Å². The first kappa shape index (κ1) is 19.3. The molecule has 1 aromatic carbocycles. The fourth-order valence-electron chi connectivity index (χ4n) is 3.93. The molecular formula is C19H28N2O4S. The smallest absolute Gasteiger partial charge is 0.254 e. The number of morpholine rings is 1. The first-order valence-electron chi connectivity index (χ1n) is 9.27. The maximum absolute atomic E-state index is 13.1. The minimum absolute atomic E-state index is 0.0695. The Balaban J connectivity index is 1.89. The predicted octanol–water partition coefficient (Wildman–Crippen LogP) is 2.13. The van der Waals surface area contributed by atoms with Gasteiger partial charge in [-0.25, -0.2) is 8.42 Å². The molecule has 7 heteroatoms. The number of hydrogen-bond donors (Lipinski definition) is 0. The summed E-state index contributed by atoms with van der Waals surface area (Å²) in [6, 6.07) is 4.88. The molecule has 0 radical (unpaired) electrons. The van der Waals surface area contributed by atoms with Gasteiger partial charge in [0, 0.05) is 31.7 Å². The molecule has 0 saturated carbocycles. The summed E-state index contributed by atoms with van der Waals surface area (Å²) in [5.41, 5.74) is 1.29. The molecule has 0 bridgehead atoms. The van der Waals surface area contributed by atoms with Crippen molar-refractivity contribution in [2.45, 2.75) is 32.1 Å². The van der Waals surface area contributed by atoms with Crippen LogP contribution >= 0.6 is 0 Å². The van der Waals surface area contributed by atoms with Crippen LogP contribution in [0.1, 0.15) is 36.2 Å². The van der Waals surface area contributed by atoms with Crippen molar-refractivity contribution in [1.82, 2.24) is 9.21 Å². The zero-order valence-electron chi connectivity index (χ0n) is 15.8. The monoisotopic (exact) mass is 380 g/mol. The molecule has 6 nitrogen and oxygen atoms in total. The van der Waals surface area contributed by atoms with Crippen LogP contribution in [0.5, 0.6) is 0 Å². The highest BCUT2D eigenvalue weighted by Gasteiger charge is 2.30. The highest BCUT2D eigenvalue weighted by molar-refractivity contribution is 7.89. The lowest BCUT2D eigenvalue weighted by Crippen LogP contribution is -2.43. The lowest BCUT2D eigenvalue weighted by molar-refractivity contribution is 0.0622. The second kappa shape index (κ2) is 7.66. The Kier molecular flexibility index (Phi) is 5.69. The Labute approximate surface area is 156 Å². The third-order valence-corrected chi connectivity index (χ3v) is 7.10. The predicted molar refractivity (Wildman–Crippen MR) is 99.6 cm³/mol. The van der Waals surface area contributed by atoms with Crippen LogP contribution in [0.15, 0.2) is 23.1 Å². The van der Waals surface area contributed by atoms with Crippen molar-refractivity contribution in [3.05, 3.63) is 29.3 Å². The average molecular weight is 381 g/mol. The number of hydrogen-bond acceptors (Lipinski definition) is 4. The van der Waals surface area contributed by atoms with Gasteiger partial charge >= 0.3 is 0 Å². The number of carbonyl (C=O) groups is 1. The number of benzene rings is 1. The summed E-state index contributed by atoms with van der Waals surface area (Å²) >= 11 is 0. The number of nitrogens with zero attached hydrogens (tertiary/aromatic N) is 2. The molecule has 0 aliphatic carbocycles. The Morgan fingerprint density at radius 3 is 2.35 bits per heavy atom. The highest BCUT2D eigenvalue weighted by atomic mass is 32.2. The van der Waals surface area contributed by atoms with Gasteiger partial charge in [-0.1, -0.05) is 19.9 Å². The van der Waals surface area contributed by atoms with E-state index in [1.807, 2.05) is 11.8 Å². The minimum Gasteiger partial charge on any atom is -0.379 e. The van der Waals surface area contributed by atoms with Gasteiger partial charge in [-0.2, -0.15) is 4.31 Å². The van der Waals surface area contributed by atoms with E-state index in [1.165, 1.54) is 4.31 Å². The summed E-state index contributed by atoms with van der Waals surface area (Å²) < 4.78 is 32.5. The standard InChI is InChI=1S/C19H28N2O4S/c1-14-10-15(2)13-20(12-14)19(22)18-11-17(5-4-16(18)3)26(23,24)21-6-8-25-9-7-21/h4-5,11,14-15H,6-10,12-13H2,1-3H3/t14-,15-/m0/s1. The number of carbonyl (C=O) groups excluding carboxylic acids is 1. The number of amides is 1. The van der Waals surface area contributed by atoms with E-state index in [9.17, 15) is 13.2 Å². The molecule has 0 N–H and O–H groups in total. The van der Waals surface area contributed by atoms with Gasteiger partial charge < -0.3 is 9.64 Å². The molecule has 2 fully saturated rings. The van der Waals surface area contributed by atoms with E-state index < -0.39 is 10.0 Å². The topological polar surface area (TPSA) is 66.9 Å². The molecule has 2 aliphatic heterocycles. The molecule has 2 aliphatic rings. The van der Waals surface area contributed by atoms with Crippen molar-refractivity contribution < 1.29 is 17.9 Å². The van der Waals surface area contributed by atoms with Crippen LogP contribution in [-0.2, 0) is 14.8 Å². The SMILES string of the molecule is Cc1ccc(S(=O)(=O)N2CCOCC2)cc1C(=O)N1C[C@@H](C)C[C@H](C)C1. The van der Waals surface area contributed by atoms with Crippen molar-refractivity contribution in [2.75, 3.05) is 39.4 Å². The van der Waals surface area contributed by atoms with Gasteiger partial charge in [-0.05, 0) is 42.9 Å². The quantitative estimate of drug-likeness (QED) is 0.806. The molecule has 0 spiro atoms. The molecule has 1 amide bonds. The maximum atomic E-state index is 13.1. The molecule has 0 unspecified atom stereocenters. The van der Waals surface area contributed by atoms with E-state index in [-0.39, 0.29) is 10.8 Å². The highest BCUT2D eigenvalue weighted by Crippen LogP contribution is 2.25. The summed E-state index contributed by atoms with van der Waals surface area (Å²) in [7, 11) is -3.60. The van der Waals surface area contributed by atoms with Crippen molar-refractivity contribution >= 4 is 15.9 Å². The summed E-state index contributed by atoms with van der Waals surface area (Å²) in [4.78, 5) is 15.1. The van der Waals surface area contributed by atoms with Crippen molar-refractivity contribution in [3.63, 3.8) is 0 Å². The molecule has 2 atom stereocenters. The number of piperidine rings is 1. The van der Waals surface area contributed by atoms with Crippen LogP contribution in [0, 0.1) is 18.8 Å². The van der Waals surface area contributed by atoms with Crippen LogP contribution in [-0.4, -0.2) is 62.9 Å². The van der Waals surface area contributed by atoms with Gasteiger partial charge in [0.1, 0.15) is 0 Å². The van der Waals surface area contributed by atoms with E-state index >= 15 is 0 Å². The average Bonchev–Trinajstić information content (AvgIpc) is 2.61. The molecule has 144 valence electrons. The molecule has 2 heterocycles. The molecule has 3 rings (SSSR count). The zero-order chi connectivity index (χ0) is 18.9. The first-order valence-corrected chi connectivity index (χ1v) is 10.7. The third kappa shape index (κ3) is 3.94. The van der Waals surface area contributed by atoms with Gasteiger partial charge in [0.25, 0.3) is 5.91 Å². The lowest BCUT2D eigenvalue weighted by Gasteiger charge is -2.35. The van der Waals surface area contributed by atoms with Crippen LogP contribution in [0.3, 0.4) is 0 Å². The number of ether oxygens (including phenoxy) is 1. The Hall–Kier alpha value is -1.44. The fraction of sp³-hybridized carbons (Fsp3) is 0.632. The Bertz CT molecular complexity index is 762. The lowest BCUT2D eigenvalue weighted by atomic mass is 9.91. The molecule has 26 heavy (non-hydrogen) atoms. The number of aryl methyl sites for hydroxylation is 1. The maximum Gasteiger partial charge on any atom is 0.254 e. The number of sulfonamides is 1. The van der Waals surface area contributed by atoms with Gasteiger partial charge in [0.05, 0.1) is 18.1 Å². The molecule has 1 aromatic rings. The second-order valence-corrected chi connectivity index (χ2v) is 9.59. The number of likely N-dealkylation sites (tertiary alicyclic amines) is 1. The largest absolute Gasteiger partial charge is 0.379 e. The van der Waals surface area contributed by atoms with Gasteiger partial charge in [-0.3, -0.25) is 4.79 Å². The minimum atomic E-state index is -3.60. The van der Waals surface area contributed by atoms with Crippen molar-refractivity contribution in [1.29, 1.82) is 0 Å². The van der Waals surface area contributed by atoms with E-state index in [4.69, 9.17) is 4.74 Å². The van der Waals surface area contributed by atoms with Crippen LogP contribution in [0.25, 0.3) is 0 Å². The first-order chi connectivity index (χ1) is 12.3. The summed E-state index contributed by atoms with van der Waals surface area (Å²) in [5.74, 6) is 0.853. The number of rotatable bonds is 3. The van der Waals surface area contributed by atoms with Gasteiger partial charge in [-0.15, -0.1) is 0 Å². The summed E-state index contributed by atoms with van der Waals surface area (Å²) in [6.07, 6.45) is 1.12.